The van der Waals surface area contributed by atoms with Crippen molar-refractivity contribution in [3.05, 3.63) is 65.7 Å². The van der Waals surface area contributed by atoms with Crippen LogP contribution >= 0.6 is 0 Å². The summed E-state index contributed by atoms with van der Waals surface area (Å²) < 4.78 is 62.4. The van der Waals surface area contributed by atoms with Crippen LogP contribution in [-0.4, -0.2) is 68.2 Å². The topological polar surface area (TPSA) is 70.6 Å². The van der Waals surface area contributed by atoms with Gasteiger partial charge in [-0.3, -0.25) is 9.78 Å². The molecular formula is C29H35F4N5O2Si. The zero-order valence-corrected chi connectivity index (χ0v) is 24.8. The summed E-state index contributed by atoms with van der Waals surface area (Å²) in [6.07, 6.45) is -2.48. The first-order chi connectivity index (χ1) is 19.2. The lowest BCUT2D eigenvalue weighted by Crippen LogP contribution is -2.50. The first kappa shape index (κ1) is 30.4. The molecule has 0 saturated carbocycles. The molecular weight excluding hydrogens is 554 g/mol. The van der Waals surface area contributed by atoms with Gasteiger partial charge < -0.3 is 19.9 Å². The highest BCUT2D eigenvalue weighted by atomic mass is 28.3. The number of likely N-dealkylation sites (N-methyl/N-ethyl adjacent to an activating group) is 1. The quantitative estimate of drug-likeness (QED) is 0.242. The van der Waals surface area contributed by atoms with Crippen molar-refractivity contribution >= 4 is 25.4 Å². The molecule has 220 valence electrons. The van der Waals surface area contributed by atoms with Crippen LogP contribution in [0.15, 0.2) is 48.8 Å². The summed E-state index contributed by atoms with van der Waals surface area (Å²) in [6, 6.07) is 9.41. The van der Waals surface area contributed by atoms with E-state index in [1.54, 1.807) is 12.1 Å². The normalized spacial score (nSPS) is 16.5. The number of carbonyl (C=O) groups excluding carboxylic acids is 1. The van der Waals surface area contributed by atoms with Crippen LogP contribution < -0.4 is 15.0 Å². The molecule has 4 rings (SSSR count). The maximum absolute atomic E-state index is 14.6. The van der Waals surface area contributed by atoms with Crippen molar-refractivity contribution < 1.29 is 27.1 Å². The van der Waals surface area contributed by atoms with Crippen LogP contribution in [-0.2, 0) is 6.18 Å². The first-order valence-corrected chi connectivity index (χ1v) is 17.1. The Morgan fingerprint density at radius 2 is 1.90 bits per heavy atom. The predicted molar refractivity (Wildman–Crippen MR) is 155 cm³/mol. The third-order valence-corrected chi connectivity index (χ3v) is 8.81. The van der Waals surface area contributed by atoms with Crippen molar-refractivity contribution in [1.82, 2.24) is 14.9 Å². The van der Waals surface area contributed by atoms with Gasteiger partial charge in [0.15, 0.2) is 0 Å². The van der Waals surface area contributed by atoms with Gasteiger partial charge in [0.2, 0.25) is 5.88 Å². The summed E-state index contributed by atoms with van der Waals surface area (Å²) in [5.41, 5.74) is -0.468. The van der Waals surface area contributed by atoms with Gasteiger partial charge >= 0.3 is 6.18 Å². The van der Waals surface area contributed by atoms with E-state index < -0.39 is 37.1 Å². The van der Waals surface area contributed by atoms with Gasteiger partial charge in [0.1, 0.15) is 11.5 Å². The highest BCUT2D eigenvalue weighted by Crippen LogP contribution is 2.36. The number of anilines is 2. The third-order valence-electron chi connectivity index (χ3n) is 7.11. The SMILES string of the molecule is C[C@H]1CN(c2ccc(-c3ncccc3F)cc2NC(=O)c2cnc(OCC[Si](C)(C)C)cc2C(F)(F)F)CCN1C. The number of hydrogen-bond acceptors (Lipinski definition) is 6. The molecule has 3 heterocycles. The van der Waals surface area contributed by atoms with Crippen LogP contribution in [0.5, 0.6) is 5.88 Å². The molecule has 3 aromatic rings. The lowest BCUT2D eigenvalue weighted by molar-refractivity contribution is -0.138. The number of rotatable bonds is 8. The minimum atomic E-state index is -4.82. The van der Waals surface area contributed by atoms with Crippen molar-refractivity contribution in [2.24, 2.45) is 0 Å². The third kappa shape index (κ3) is 7.62. The Morgan fingerprint density at radius 1 is 1.15 bits per heavy atom. The maximum atomic E-state index is 14.6. The second-order valence-corrected chi connectivity index (χ2v) is 17.1. The predicted octanol–water partition coefficient (Wildman–Crippen LogP) is 6.41. The molecule has 1 atom stereocenters. The van der Waals surface area contributed by atoms with Gasteiger partial charge in [-0.15, -0.1) is 0 Å². The Hall–Kier alpha value is -3.51. The Labute approximate surface area is 238 Å². The van der Waals surface area contributed by atoms with E-state index in [-0.39, 0.29) is 29.9 Å². The van der Waals surface area contributed by atoms with Gasteiger partial charge in [0.25, 0.3) is 5.91 Å². The van der Waals surface area contributed by atoms with Crippen molar-refractivity contribution in [3.63, 3.8) is 0 Å². The molecule has 0 bridgehead atoms. The van der Waals surface area contributed by atoms with E-state index >= 15 is 0 Å². The van der Waals surface area contributed by atoms with Crippen LogP contribution in [0.1, 0.15) is 22.8 Å². The average molecular weight is 590 g/mol. The standard InChI is InChI=1S/C29H35F4N5O2Si/c1-19-18-38(12-11-37(19)2)25-9-8-20(27-23(30)7-6-10-34-27)15-24(25)36-28(39)21-17-35-26(16-22(21)29(31,32)33)40-13-14-41(3,4)5/h6-10,15-17,19H,11-14,18H2,1-5H3,(H,36,39)/t19-/m0/s1. The van der Waals surface area contributed by atoms with Gasteiger partial charge in [0, 0.05) is 57.8 Å². The summed E-state index contributed by atoms with van der Waals surface area (Å²) >= 11 is 0. The molecule has 1 fully saturated rings. The number of nitrogens with zero attached hydrogens (tertiary/aromatic N) is 4. The van der Waals surface area contributed by atoms with E-state index in [1.807, 2.05) is 7.05 Å². The summed E-state index contributed by atoms with van der Waals surface area (Å²) in [6.45, 7) is 10.7. The Kier molecular flexibility index (Phi) is 9.03. The van der Waals surface area contributed by atoms with Gasteiger partial charge in [-0.05, 0) is 44.3 Å². The number of halogens is 4. The van der Waals surface area contributed by atoms with E-state index in [9.17, 15) is 22.4 Å². The summed E-state index contributed by atoms with van der Waals surface area (Å²) in [4.78, 5) is 25.8. The number of carbonyl (C=O) groups is 1. The number of amides is 1. The van der Waals surface area contributed by atoms with Crippen LogP contribution in [0.4, 0.5) is 28.9 Å². The van der Waals surface area contributed by atoms with E-state index in [0.29, 0.717) is 24.3 Å². The number of piperazine rings is 1. The molecule has 0 radical (unpaired) electrons. The van der Waals surface area contributed by atoms with Gasteiger partial charge in [0.05, 0.1) is 29.1 Å². The fourth-order valence-corrected chi connectivity index (χ4v) is 5.22. The monoisotopic (exact) mass is 589 g/mol. The Balaban J connectivity index is 1.69. The highest BCUT2D eigenvalue weighted by Gasteiger charge is 2.37. The number of aromatic nitrogens is 2. The second-order valence-electron chi connectivity index (χ2n) is 11.5. The fraction of sp³-hybridized carbons (Fsp3) is 0.414. The number of pyridine rings is 2. The molecule has 1 saturated heterocycles. The summed E-state index contributed by atoms with van der Waals surface area (Å²) in [7, 11) is 0.548. The lowest BCUT2D eigenvalue weighted by Gasteiger charge is -2.39. The molecule has 0 aliphatic carbocycles. The van der Waals surface area contributed by atoms with Crippen LogP contribution in [0.3, 0.4) is 0 Å². The molecule has 2 aromatic heterocycles. The second kappa shape index (κ2) is 12.2. The molecule has 41 heavy (non-hydrogen) atoms. The van der Waals surface area contributed by atoms with E-state index in [4.69, 9.17) is 4.74 Å². The smallest absolute Gasteiger partial charge is 0.417 e. The van der Waals surface area contributed by atoms with Gasteiger partial charge in [-0.2, -0.15) is 13.2 Å². The maximum Gasteiger partial charge on any atom is 0.417 e. The molecule has 12 heteroatoms. The highest BCUT2D eigenvalue weighted by molar-refractivity contribution is 6.76. The summed E-state index contributed by atoms with van der Waals surface area (Å²) in [5, 5.41) is 2.66. The van der Waals surface area contributed by atoms with Gasteiger partial charge in [-0.25, -0.2) is 9.37 Å². The minimum absolute atomic E-state index is 0.0683. The van der Waals surface area contributed by atoms with Crippen LogP contribution in [0.2, 0.25) is 25.7 Å². The van der Waals surface area contributed by atoms with Crippen molar-refractivity contribution in [2.45, 2.75) is 44.8 Å². The van der Waals surface area contributed by atoms with Crippen LogP contribution in [0.25, 0.3) is 11.3 Å². The molecule has 1 aromatic carbocycles. The molecule has 0 unspecified atom stereocenters. The molecule has 1 amide bonds. The number of alkyl halides is 3. The van der Waals surface area contributed by atoms with Gasteiger partial charge in [-0.1, -0.05) is 25.7 Å². The lowest BCUT2D eigenvalue weighted by atomic mass is 10.1. The summed E-state index contributed by atoms with van der Waals surface area (Å²) in [5.74, 6) is -1.73. The number of nitrogens with one attached hydrogen (secondary N) is 1. The van der Waals surface area contributed by atoms with E-state index in [2.05, 4.69) is 51.6 Å². The van der Waals surface area contributed by atoms with E-state index in [0.717, 1.165) is 24.9 Å². The zero-order valence-electron chi connectivity index (χ0n) is 23.8. The average Bonchev–Trinajstić information content (AvgIpc) is 2.89. The molecule has 0 spiro atoms. The number of ether oxygens (including phenoxy) is 1. The molecule has 7 nitrogen and oxygen atoms in total. The molecule has 1 aliphatic rings. The largest absolute Gasteiger partial charge is 0.478 e. The zero-order chi connectivity index (χ0) is 29.9. The minimum Gasteiger partial charge on any atom is -0.478 e. The number of benzene rings is 1. The fourth-order valence-electron chi connectivity index (χ4n) is 4.51. The first-order valence-electron chi connectivity index (χ1n) is 13.4. The van der Waals surface area contributed by atoms with Crippen molar-refractivity contribution in [2.75, 3.05) is 43.5 Å². The number of hydrogen-bond donors (Lipinski definition) is 1. The van der Waals surface area contributed by atoms with Crippen LogP contribution in [0, 0.1) is 5.82 Å². The molecule has 1 aliphatic heterocycles. The Morgan fingerprint density at radius 3 is 2.56 bits per heavy atom. The van der Waals surface area contributed by atoms with Crippen molar-refractivity contribution in [1.29, 1.82) is 0 Å². The van der Waals surface area contributed by atoms with E-state index in [1.165, 1.54) is 24.4 Å². The van der Waals surface area contributed by atoms with Crippen molar-refractivity contribution in [3.8, 4) is 17.1 Å². The Bertz CT molecular complexity index is 1400. The molecule has 1 N–H and O–H groups in total.